The van der Waals surface area contributed by atoms with Gasteiger partial charge in [-0.1, -0.05) is 24.3 Å². The molecule has 2 aromatic carbocycles. The Labute approximate surface area is 136 Å². The van der Waals surface area contributed by atoms with E-state index in [4.69, 9.17) is 4.74 Å². The second-order valence-corrected chi connectivity index (χ2v) is 5.33. The molecule has 0 spiro atoms. The summed E-state index contributed by atoms with van der Waals surface area (Å²) in [6.45, 7) is 3.26. The summed E-state index contributed by atoms with van der Waals surface area (Å²) >= 11 is 0. The van der Waals surface area contributed by atoms with Gasteiger partial charge in [-0.15, -0.1) is 0 Å². The van der Waals surface area contributed by atoms with Crippen LogP contribution in [0.2, 0.25) is 0 Å². The Morgan fingerprint density at radius 1 is 1.04 bits per heavy atom. The molecule has 0 aliphatic rings. The lowest BCUT2D eigenvalue weighted by atomic mass is 10.1. The number of benzene rings is 2. The van der Waals surface area contributed by atoms with Crippen LogP contribution in [-0.2, 0) is 17.6 Å². The first-order valence-corrected chi connectivity index (χ1v) is 7.90. The van der Waals surface area contributed by atoms with E-state index in [-0.39, 0.29) is 18.1 Å². The number of carbonyl (C=O) groups excluding carboxylic acids is 1. The van der Waals surface area contributed by atoms with Gasteiger partial charge in [-0.2, -0.15) is 0 Å². The van der Waals surface area contributed by atoms with Crippen LogP contribution in [0.5, 0.6) is 5.75 Å². The molecule has 0 aliphatic carbocycles. The van der Waals surface area contributed by atoms with E-state index in [0.29, 0.717) is 13.2 Å². The molecule has 2 rings (SSSR count). The highest BCUT2D eigenvalue weighted by atomic mass is 19.1. The third-order valence-electron chi connectivity index (χ3n) is 3.48. The molecule has 0 unspecified atom stereocenters. The van der Waals surface area contributed by atoms with Gasteiger partial charge < -0.3 is 10.1 Å². The molecule has 1 amide bonds. The lowest BCUT2D eigenvalue weighted by Gasteiger charge is -2.07. The van der Waals surface area contributed by atoms with Crippen LogP contribution in [0.15, 0.2) is 48.5 Å². The van der Waals surface area contributed by atoms with Crippen molar-refractivity contribution in [2.24, 2.45) is 0 Å². The summed E-state index contributed by atoms with van der Waals surface area (Å²) in [4.78, 5) is 11.8. The van der Waals surface area contributed by atoms with Gasteiger partial charge in [0.25, 0.3) is 0 Å². The number of rotatable bonds is 8. The van der Waals surface area contributed by atoms with Gasteiger partial charge in [-0.05, 0) is 55.2 Å². The van der Waals surface area contributed by atoms with Crippen LogP contribution in [0, 0.1) is 5.82 Å². The maximum Gasteiger partial charge on any atom is 0.224 e. The van der Waals surface area contributed by atoms with Crippen molar-refractivity contribution in [1.29, 1.82) is 0 Å². The van der Waals surface area contributed by atoms with Crippen molar-refractivity contribution in [2.45, 2.75) is 26.2 Å². The van der Waals surface area contributed by atoms with Crippen molar-refractivity contribution in [2.75, 3.05) is 13.2 Å². The maximum absolute atomic E-state index is 12.8. The summed E-state index contributed by atoms with van der Waals surface area (Å²) in [5.41, 5.74) is 2.04. The number of ether oxygens (including phenoxy) is 1. The van der Waals surface area contributed by atoms with Crippen molar-refractivity contribution >= 4 is 5.91 Å². The van der Waals surface area contributed by atoms with Crippen molar-refractivity contribution < 1.29 is 13.9 Å². The molecule has 0 saturated heterocycles. The third-order valence-corrected chi connectivity index (χ3v) is 3.48. The van der Waals surface area contributed by atoms with Gasteiger partial charge >= 0.3 is 0 Å². The van der Waals surface area contributed by atoms with E-state index in [2.05, 4.69) is 5.32 Å². The third kappa shape index (κ3) is 6.10. The Kier molecular flexibility index (Phi) is 6.60. The lowest BCUT2D eigenvalue weighted by molar-refractivity contribution is -0.120. The van der Waals surface area contributed by atoms with E-state index in [0.717, 1.165) is 24.2 Å². The number of halogens is 1. The summed E-state index contributed by atoms with van der Waals surface area (Å²) in [6, 6.07) is 14.0. The van der Waals surface area contributed by atoms with Crippen LogP contribution in [0.1, 0.15) is 24.5 Å². The van der Waals surface area contributed by atoms with Gasteiger partial charge in [0, 0.05) is 6.54 Å². The van der Waals surface area contributed by atoms with Crippen LogP contribution in [0.3, 0.4) is 0 Å². The molecule has 2 aromatic rings. The SMILES string of the molecule is CCOc1ccc(CCCNC(=O)Cc2ccc(F)cc2)cc1. The van der Waals surface area contributed by atoms with Crippen LogP contribution in [-0.4, -0.2) is 19.1 Å². The smallest absolute Gasteiger partial charge is 0.224 e. The van der Waals surface area contributed by atoms with E-state index >= 15 is 0 Å². The van der Waals surface area contributed by atoms with Gasteiger partial charge in [-0.3, -0.25) is 4.79 Å². The molecule has 4 heteroatoms. The summed E-state index contributed by atoms with van der Waals surface area (Å²) in [5.74, 6) is 0.552. The summed E-state index contributed by atoms with van der Waals surface area (Å²) < 4.78 is 18.2. The quantitative estimate of drug-likeness (QED) is 0.757. The second kappa shape index (κ2) is 8.93. The molecule has 0 saturated carbocycles. The normalized spacial score (nSPS) is 10.3. The van der Waals surface area contributed by atoms with Crippen LogP contribution in [0.25, 0.3) is 0 Å². The fourth-order valence-corrected chi connectivity index (χ4v) is 2.29. The monoisotopic (exact) mass is 315 g/mol. The van der Waals surface area contributed by atoms with Crippen molar-refractivity contribution in [3.8, 4) is 5.75 Å². The molecule has 0 aliphatic heterocycles. The van der Waals surface area contributed by atoms with Crippen molar-refractivity contribution in [3.05, 3.63) is 65.5 Å². The van der Waals surface area contributed by atoms with E-state index in [9.17, 15) is 9.18 Å². The molecule has 0 radical (unpaired) electrons. The Hall–Kier alpha value is -2.36. The van der Waals surface area contributed by atoms with E-state index < -0.39 is 0 Å². The zero-order valence-corrected chi connectivity index (χ0v) is 13.3. The Bertz CT molecular complexity index is 608. The molecule has 122 valence electrons. The average Bonchev–Trinajstić information content (AvgIpc) is 2.55. The minimum atomic E-state index is -0.287. The second-order valence-electron chi connectivity index (χ2n) is 5.33. The molecule has 3 nitrogen and oxygen atoms in total. The first-order valence-electron chi connectivity index (χ1n) is 7.90. The molecular formula is C19H22FNO2. The number of aryl methyl sites for hydroxylation is 1. The minimum absolute atomic E-state index is 0.0386. The number of hydrogen-bond acceptors (Lipinski definition) is 2. The van der Waals surface area contributed by atoms with Crippen LogP contribution in [0.4, 0.5) is 4.39 Å². The number of nitrogens with one attached hydrogen (secondary N) is 1. The molecule has 0 bridgehead atoms. The highest BCUT2D eigenvalue weighted by Gasteiger charge is 2.03. The predicted octanol–water partition coefficient (Wildman–Crippen LogP) is 3.52. The summed E-state index contributed by atoms with van der Waals surface area (Å²) in [7, 11) is 0. The highest BCUT2D eigenvalue weighted by molar-refractivity contribution is 5.78. The summed E-state index contributed by atoms with van der Waals surface area (Å²) in [5, 5.41) is 2.89. The standard InChI is InChI=1S/C19H22FNO2/c1-2-23-18-11-7-15(8-12-18)4-3-13-21-19(22)14-16-5-9-17(20)10-6-16/h5-12H,2-4,13-14H2,1H3,(H,21,22). The molecular weight excluding hydrogens is 293 g/mol. The number of amides is 1. The van der Waals surface area contributed by atoms with Gasteiger partial charge in [0.2, 0.25) is 5.91 Å². The van der Waals surface area contributed by atoms with Gasteiger partial charge in [0.05, 0.1) is 13.0 Å². The fraction of sp³-hybridized carbons (Fsp3) is 0.316. The molecule has 23 heavy (non-hydrogen) atoms. The first-order chi connectivity index (χ1) is 11.2. The average molecular weight is 315 g/mol. The zero-order chi connectivity index (χ0) is 16.5. The Balaban J connectivity index is 1.66. The fourth-order valence-electron chi connectivity index (χ4n) is 2.29. The molecule has 0 atom stereocenters. The van der Waals surface area contributed by atoms with E-state index in [1.807, 2.05) is 31.2 Å². The topological polar surface area (TPSA) is 38.3 Å². The van der Waals surface area contributed by atoms with Gasteiger partial charge in [0.1, 0.15) is 11.6 Å². The molecule has 0 aromatic heterocycles. The lowest BCUT2D eigenvalue weighted by Crippen LogP contribution is -2.26. The predicted molar refractivity (Wildman–Crippen MR) is 89.0 cm³/mol. The summed E-state index contributed by atoms with van der Waals surface area (Å²) in [6.07, 6.45) is 2.07. The molecule has 0 heterocycles. The highest BCUT2D eigenvalue weighted by Crippen LogP contribution is 2.13. The number of carbonyl (C=O) groups is 1. The van der Waals surface area contributed by atoms with Gasteiger partial charge in [-0.25, -0.2) is 4.39 Å². The van der Waals surface area contributed by atoms with Crippen molar-refractivity contribution in [1.82, 2.24) is 5.32 Å². The number of hydrogen-bond donors (Lipinski definition) is 1. The minimum Gasteiger partial charge on any atom is -0.494 e. The first kappa shape index (κ1) is 17.0. The Morgan fingerprint density at radius 2 is 1.70 bits per heavy atom. The van der Waals surface area contributed by atoms with Crippen LogP contribution >= 0.6 is 0 Å². The van der Waals surface area contributed by atoms with Gasteiger partial charge in [0.15, 0.2) is 0 Å². The van der Waals surface area contributed by atoms with Crippen LogP contribution < -0.4 is 10.1 Å². The molecule has 0 fully saturated rings. The van der Waals surface area contributed by atoms with E-state index in [1.165, 1.54) is 17.7 Å². The Morgan fingerprint density at radius 3 is 2.35 bits per heavy atom. The van der Waals surface area contributed by atoms with Crippen molar-refractivity contribution in [3.63, 3.8) is 0 Å². The maximum atomic E-state index is 12.8. The molecule has 1 N–H and O–H groups in total. The largest absolute Gasteiger partial charge is 0.494 e. The zero-order valence-electron chi connectivity index (χ0n) is 13.3. The van der Waals surface area contributed by atoms with E-state index in [1.54, 1.807) is 12.1 Å².